The Balaban J connectivity index is 1.56. The van der Waals surface area contributed by atoms with E-state index in [0.717, 1.165) is 25.9 Å². The number of carboxylic acids is 1. The molecule has 1 saturated heterocycles. The minimum atomic E-state index is -1.12. The molecule has 1 unspecified atom stereocenters. The third-order valence-electron chi connectivity index (χ3n) is 3.16. The molecule has 21 heavy (non-hydrogen) atoms. The van der Waals surface area contributed by atoms with Crippen LogP contribution in [0.25, 0.3) is 0 Å². The van der Waals surface area contributed by atoms with Crippen LogP contribution in [0, 0.1) is 0 Å². The zero-order valence-electron chi connectivity index (χ0n) is 11.6. The number of nitrogens with one attached hydrogen (secondary N) is 2. The molecule has 2 rings (SSSR count). The third-order valence-corrected chi connectivity index (χ3v) is 3.16. The van der Waals surface area contributed by atoms with Gasteiger partial charge in [-0.15, -0.1) is 5.10 Å². The standard InChI is InChI=1S/C12H19N5O4/c18-11(19)10-8-17(16-15-10)6-5-14-12(20)13-4-3-9-2-1-7-21-9/h8-9H,1-7H2,(H,18,19)(H2,13,14,20). The molecule has 2 amide bonds. The smallest absolute Gasteiger partial charge is 0.358 e. The van der Waals surface area contributed by atoms with Crippen molar-refractivity contribution in [3.8, 4) is 0 Å². The van der Waals surface area contributed by atoms with E-state index in [9.17, 15) is 9.59 Å². The average molecular weight is 297 g/mol. The van der Waals surface area contributed by atoms with Crippen LogP contribution < -0.4 is 10.6 Å². The normalized spacial score (nSPS) is 17.6. The summed E-state index contributed by atoms with van der Waals surface area (Å²) < 4.78 is 6.83. The van der Waals surface area contributed by atoms with Crippen molar-refractivity contribution in [1.29, 1.82) is 0 Å². The number of carbonyl (C=O) groups excluding carboxylic acids is 1. The van der Waals surface area contributed by atoms with Crippen LogP contribution in [0.1, 0.15) is 29.8 Å². The molecule has 0 aromatic carbocycles. The highest BCUT2D eigenvalue weighted by atomic mass is 16.5. The minimum Gasteiger partial charge on any atom is -0.476 e. The van der Waals surface area contributed by atoms with E-state index in [1.807, 2.05) is 0 Å². The second-order valence-corrected chi connectivity index (χ2v) is 4.78. The lowest BCUT2D eigenvalue weighted by atomic mass is 10.2. The highest BCUT2D eigenvalue weighted by Gasteiger charge is 2.15. The van der Waals surface area contributed by atoms with Gasteiger partial charge in [0.15, 0.2) is 5.69 Å². The van der Waals surface area contributed by atoms with E-state index in [1.54, 1.807) is 0 Å². The molecule has 0 radical (unpaired) electrons. The predicted octanol–water partition coefficient (Wildman–Crippen LogP) is -0.155. The molecule has 0 aliphatic carbocycles. The van der Waals surface area contributed by atoms with Crippen molar-refractivity contribution in [3.05, 3.63) is 11.9 Å². The summed E-state index contributed by atoms with van der Waals surface area (Å²) in [7, 11) is 0. The first-order valence-corrected chi connectivity index (χ1v) is 6.92. The number of urea groups is 1. The van der Waals surface area contributed by atoms with Gasteiger partial charge >= 0.3 is 12.0 Å². The monoisotopic (exact) mass is 297 g/mol. The largest absolute Gasteiger partial charge is 0.476 e. The summed E-state index contributed by atoms with van der Waals surface area (Å²) >= 11 is 0. The number of ether oxygens (including phenoxy) is 1. The topological polar surface area (TPSA) is 118 Å². The lowest BCUT2D eigenvalue weighted by Crippen LogP contribution is -2.38. The molecule has 1 aliphatic rings. The fraction of sp³-hybridized carbons (Fsp3) is 0.667. The van der Waals surface area contributed by atoms with Crippen molar-refractivity contribution >= 4 is 12.0 Å². The zero-order chi connectivity index (χ0) is 15.1. The average Bonchev–Trinajstić information content (AvgIpc) is 3.09. The molecular formula is C12H19N5O4. The van der Waals surface area contributed by atoms with Gasteiger partial charge in [0, 0.05) is 19.7 Å². The van der Waals surface area contributed by atoms with Crippen molar-refractivity contribution in [3.63, 3.8) is 0 Å². The van der Waals surface area contributed by atoms with Crippen molar-refractivity contribution in [2.45, 2.75) is 31.9 Å². The first-order valence-electron chi connectivity index (χ1n) is 6.92. The van der Waals surface area contributed by atoms with Crippen molar-refractivity contribution in [1.82, 2.24) is 25.6 Å². The van der Waals surface area contributed by atoms with Crippen LogP contribution in [-0.2, 0) is 11.3 Å². The molecule has 9 heteroatoms. The number of carboxylic acid groups (broad SMARTS) is 1. The molecule has 116 valence electrons. The van der Waals surface area contributed by atoms with Crippen LogP contribution in [0.3, 0.4) is 0 Å². The van der Waals surface area contributed by atoms with Gasteiger partial charge in [0.05, 0.1) is 18.8 Å². The molecule has 2 heterocycles. The highest BCUT2D eigenvalue weighted by molar-refractivity contribution is 5.84. The summed E-state index contributed by atoms with van der Waals surface area (Å²) in [5.41, 5.74) is -0.115. The molecule has 0 bridgehead atoms. The SMILES string of the molecule is O=C(NCCC1CCCO1)NCCn1cc(C(=O)O)nn1. The zero-order valence-corrected chi connectivity index (χ0v) is 11.6. The van der Waals surface area contributed by atoms with Crippen molar-refractivity contribution in [2.24, 2.45) is 0 Å². The number of aromatic carboxylic acids is 1. The van der Waals surface area contributed by atoms with Gasteiger partial charge in [0.2, 0.25) is 0 Å². The van der Waals surface area contributed by atoms with Crippen molar-refractivity contribution < 1.29 is 19.4 Å². The van der Waals surface area contributed by atoms with Crippen LogP contribution in [0.4, 0.5) is 4.79 Å². The van der Waals surface area contributed by atoms with Gasteiger partial charge in [-0.1, -0.05) is 5.21 Å². The summed E-state index contributed by atoms with van der Waals surface area (Å²) in [5, 5.41) is 21.2. The van der Waals surface area contributed by atoms with E-state index in [2.05, 4.69) is 20.9 Å². The maximum Gasteiger partial charge on any atom is 0.358 e. The molecule has 1 aliphatic heterocycles. The quantitative estimate of drug-likeness (QED) is 0.644. The Bertz CT molecular complexity index is 484. The Morgan fingerprint density at radius 3 is 2.90 bits per heavy atom. The van der Waals surface area contributed by atoms with Gasteiger partial charge in [-0.05, 0) is 19.3 Å². The Morgan fingerprint density at radius 1 is 1.43 bits per heavy atom. The van der Waals surface area contributed by atoms with Gasteiger partial charge < -0.3 is 20.5 Å². The highest BCUT2D eigenvalue weighted by Crippen LogP contribution is 2.14. The second kappa shape index (κ2) is 7.58. The van der Waals surface area contributed by atoms with E-state index in [0.29, 0.717) is 19.6 Å². The Kier molecular flexibility index (Phi) is 5.50. The van der Waals surface area contributed by atoms with Gasteiger partial charge in [-0.25, -0.2) is 14.3 Å². The van der Waals surface area contributed by atoms with Crippen LogP contribution in [0.15, 0.2) is 6.20 Å². The first-order chi connectivity index (χ1) is 10.1. The van der Waals surface area contributed by atoms with Gasteiger partial charge in [-0.3, -0.25) is 0 Å². The maximum atomic E-state index is 11.5. The number of aromatic nitrogens is 3. The summed E-state index contributed by atoms with van der Waals surface area (Å²) in [5.74, 6) is -1.12. The summed E-state index contributed by atoms with van der Waals surface area (Å²) in [4.78, 5) is 22.1. The Labute approximate surface area is 121 Å². The molecule has 1 aromatic heterocycles. The van der Waals surface area contributed by atoms with Gasteiger partial charge in [0.1, 0.15) is 0 Å². The number of carbonyl (C=O) groups is 2. The summed E-state index contributed by atoms with van der Waals surface area (Å²) in [6.07, 6.45) is 4.54. The predicted molar refractivity (Wildman–Crippen MR) is 72.0 cm³/mol. The molecule has 0 spiro atoms. The van der Waals surface area contributed by atoms with E-state index in [-0.39, 0.29) is 17.8 Å². The van der Waals surface area contributed by atoms with E-state index in [1.165, 1.54) is 10.9 Å². The number of rotatable bonds is 7. The van der Waals surface area contributed by atoms with Crippen LogP contribution in [0.5, 0.6) is 0 Å². The Hall–Kier alpha value is -2.16. The van der Waals surface area contributed by atoms with Crippen LogP contribution in [-0.4, -0.2) is 57.9 Å². The number of nitrogens with zero attached hydrogens (tertiary/aromatic N) is 3. The van der Waals surface area contributed by atoms with Gasteiger partial charge in [-0.2, -0.15) is 0 Å². The molecule has 1 aromatic rings. The molecule has 0 saturated carbocycles. The van der Waals surface area contributed by atoms with E-state index in [4.69, 9.17) is 9.84 Å². The number of hydrogen-bond donors (Lipinski definition) is 3. The number of amides is 2. The van der Waals surface area contributed by atoms with Crippen LogP contribution >= 0.6 is 0 Å². The Morgan fingerprint density at radius 2 is 2.24 bits per heavy atom. The lowest BCUT2D eigenvalue weighted by Gasteiger charge is -2.10. The minimum absolute atomic E-state index is 0.115. The van der Waals surface area contributed by atoms with Crippen LogP contribution in [0.2, 0.25) is 0 Å². The number of hydrogen-bond acceptors (Lipinski definition) is 5. The first kappa shape index (κ1) is 15.2. The fourth-order valence-corrected chi connectivity index (χ4v) is 2.07. The molecule has 3 N–H and O–H groups in total. The van der Waals surface area contributed by atoms with E-state index >= 15 is 0 Å². The lowest BCUT2D eigenvalue weighted by molar-refractivity contribution is 0.0690. The van der Waals surface area contributed by atoms with Gasteiger partial charge in [0.25, 0.3) is 0 Å². The summed E-state index contributed by atoms with van der Waals surface area (Å²) in [6, 6.07) is -0.258. The summed E-state index contributed by atoms with van der Waals surface area (Å²) in [6.45, 7) is 2.09. The van der Waals surface area contributed by atoms with E-state index < -0.39 is 5.97 Å². The molecule has 9 nitrogen and oxygen atoms in total. The van der Waals surface area contributed by atoms with Crippen molar-refractivity contribution in [2.75, 3.05) is 19.7 Å². The molecule has 1 fully saturated rings. The maximum absolute atomic E-state index is 11.5. The molecule has 1 atom stereocenters. The fourth-order valence-electron chi connectivity index (χ4n) is 2.07. The second-order valence-electron chi connectivity index (χ2n) is 4.78. The third kappa shape index (κ3) is 5.03. The molecular weight excluding hydrogens is 278 g/mol.